The third-order valence-electron chi connectivity index (χ3n) is 5.44. The van der Waals surface area contributed by atoms with Gasteiger partial charge in [-0.15, -0.1) is 0 Å². The Morgan fingerprint density at radius 2 is 2.00 bits per heavy atom. The monoisotopic (exact) mass is 410 g/mol. The van der Waals surface area contributed by atoms with Crippen molar-refractivity contribution in [2.45, 2.75) is 46.6 Å². The summed E-state index contributed by atoms with van der Waals surface area (Å²) in [6.07, 6.45) is 9.56. The Bertz CT molecular complexity index is 1000. The molecule has 0 saturated carbocycles. The summed E-state index contributed by atoms with van der Waals surface area (Å²) in [7, 11) is 1.78. The van der Waals surface area contributed by atoms with E-state index in [9.17, 15) is 9.59 Å². The summed E-state index contributed by atoms with van der Waals surface area (Å²) in [5.41, 5.74) is 2.00. The zero-order valence-electron chi connectivity index (χ0n) is 18.1. The third kappa shape index (κ3) is 4.53. The van der Waals surface area contributed by atoms with Crippen LogP contribution in [0.25, 0.3) is 5.65 Å². The quantitative estimate of drug-likeness (QED) is 0.550. The maximum atomic E-state index is 12.9. The highest BCUT2D eigenvalue weighted by Crippen LogP contribution is 2.24. The molecule has 3 heterocycles. The van der Waals surface area contributed by atoms with E-state index in [1.165, 1.54) is 0 Å². The summed E-state index contributed by atoms with van der Waals surface area (Å²) in [5.74, 6) is 0.603. The standard InChI is InChI=1S/C22H30N6O2/c1-5-17(6-2)22(30)26(4)21-16(3)25-19-9-8-18(14-28(19)21)20(29)24-10-7-12-27-13-11-23-15-27/h8-9,11,13-15,17H,5-7,10,12H2,1-4H3,(H,24,29). The number of amides is 2. The molecule has 0 aliphatic rings. The van der Waals surface area contributed by atoms with E-state index >= 15 is 0 Å². The topological polar surface area (TPSA) is 84.5 Å². The van der Waals surface area contributed by atoms with Gasteiger partial charge in [-0.25, -0.2) is 9.97 Å². The predicted molar refractivity (Wildman–Crippen MR) is 117 cm³/mol. The highest BCUT2D eigenvalue weighted by molar-refractivity contribution is 5.96. The minimum Gasteiger partial charge on any atom is -0.352 e. The first-order valence-corrected chi connectivity index (χ1v) is 10.5. The Morgan fingerprint density at radius 1 is 1.23 bits per heavy atom. The average molecular weight is 411 g/mol. The number of rotatable bonds is 9. The van der Waals surface area contributed by atoms with Crippen LogP contribution >= 0.6 is 0 Å². The maximum absolute atomic E-state index is 12.9. The number of hydrogen-bond donors (Lipinski definition) is 1. The largest absolute Gasteiger partial charge is 0.352 e. The molecule has 30 heavy (non-hydrogen) atoms. The molecule has 0 saturated heterocycles. The van der Waals surface area contributed by atoms with Crippen LogP contribution in [0.2, 0.25) is 0 Å². The van der Waals surface area contributed by atoms with Gasteiger partial charge in [0.25, 0.3) is 5.91 Å². The van der Waals surface area contributed by atoms with E-state index in [0.717, 1.165) is 31.5 Å². The van der Waals surface area contributed by atoms with E-state index in [2.05, 4.69) is 15.3 Å². The molecule has 3 rings (SSSR count). The van der Waals surface area contributed by atoms with E-state index in [-0.39, 0.29) is 17.7 Å². The molecular formula is C22H30N6O2. The Balaban J connectivity index is 1.75. The second-order valence-electron chi connectivity index (χ2n) is 7.49. The van der Waals surface area contributed by atoms with Gasteiger partial charge in [0.2, 0.25) is 5.91 Å². The van der Waals surface area contributed by atoms with Crippen LogP contribution in [-0.2, 0) is 11.3 Å². The molecule has 0 radical (unpaired) electrons. The van der Waals surface area contributed by atoms with Crippen LogP contribution in [0.1, 0.15) is 49.2 Å². The summed E-state index contributed by atoms with van der Waals surface area (Å²) in [6, 6.07) is 3.58. The summed E-state index contributed by atoms with van der Waals surface area (Å²) in [6.45, 7) is 7.30. The fourth-order valence-electron chi connectivity index (χ4n) is 3.69. The number of aryl methyl sites for hydroxylation is 2. The lowest BCUT2D eigenvalue weighted by atomic mass is 10.0. The van der Waals surface area contributed by atoms with Gasteiger partial charge in [-0.05, 0) is 38.3 Å². The molecule has 0 unspecified atom stereocenters. The first-order valence-electron chi connectivity index (χ1n) is 10.5. The molecule has 0 aromatic carbocycles. The fraction of sp³-hybridized carbons (Fsp3) is 0.455. The Morgan fingerprint density at radius 3 is 2.67 bits per heavy atom. The highest BCUT2D eigenvalue weighted by atomic mass is 16.2. The van der Waals surface area contributed by atoms with Crippen molar-refractivity contribution in [3.05, 3.63) is 48.3 Å². The number of carbonyl (C=O) groups is 2. The van der Waals surface area contributed by atoms with Gasteiger partial charge in [-0.2, -0.15) is 0 Å². The normalized spacial score (nSPS) is 11.2. The lowest BCUT2D eigenvalue weighted by molar-refractivity contribution is -0.122. The van der Waals surface area contributed by atoms with E-state index in [1.807, 2.05) is 42.0 Å². The summed E-state index contributed by atoms with van der Waals surface area (Å²) in [4.78, 5) is 35.8. The van der Waals surface area contributed by atoms with Gasteiger partial charge in [0, 0.05) is 44.6 Å². The van der Waals surface area contributed by atoms with Crippen LogP contribution in [0.4, 0.5) is 5.82 Å². The molecule has 3 aromatic heterocycles. The van der Waals surface area contributed by atoms with E-state index < -0.39 is 0 Å². The smallest absolute Gasteiger partial charge is 0.252 e. The first kappa shape index (κ1) is 21.5. The molecule has 8 heteroatoms. The van der Waals surface area contributed by atoms with Crippen LogP contribution in [-0.4, -0.2) is 44.3 Å². The summed E-state index contributed by atoms with van der Waals surface area (Å²) >= 11 is 0. The van der Waals surface area contributed by atoms with Gasteiger partial charge in [0.1, 0.15) is 11.5 Å². The number of fused-ring (bicyclic) bond motifs is 1. The van der Waals surface area contributed by atoms with Crippen molar-refractivity contribution < 1.29 is 9.59 Å². The molecule has 160 valence electrons. The van der Waals surface area contributed by atoms with Crippen LogP contribution in [0, 0.1) is 12.8 Å². The molecule has 3 aromatic rings. The lowest BCUT2D eigenvalue weighted by Gasteiger charge is -2.22. The second-order valence-corrected chi connectivity index (χ2v) is 7.49. The van der Waals surface area contributed by atoms with Crippen molar-refractivity contribution in [2.75, 3.05) is 18.5 Å². The van der Waals surface area contributed by atoms with E-state index in [4.69, 9.17) is 0 Å². The van der Waals surface area contributed by atoms with Crippen LogP contribution in [0.5, 0.6) is 0 Å². The Kier molecular flexibility index (Phi) is 6.87. The van der Waals surface area contributed by atoms with Gasteiger partial charge in [-0.1, -0.05) is 13.8 Å². The molecule has 0 bridgehead atoms. The molecule has 1 N–H and O–H groups in total. The average Bonchev–Trinajstić information content (AvgIpc) is 3.37. The van der Waals surface area contributed by atoms with Crippen molar-refractivity contribution in [1.82, 2.24) is 24.3 Å². The second kappa shape index (κ2) is 9.56. The van der Waals surface area contributed by atoms with Gasteiger partial charge < -0.3 is 9.88 Å². The van der Waals surface area contributed by atoms with Gasteiger partial charge in [0.05, 0.1) is 17.6 Å². The number of carbonyl (C=O) groups excluding carboxylic acids is 2. The van der Waals surface area contributed by atoms with Gasteiger partial charge >= 0.3 is 0 Å². The number of imidazole rings is 2. The van der Waals surface area contributed by atoms with Gasteiger partial charge in [-0.3, -0.25) is 18.9 Å². The molecular weight excluding hydrogens is 380 g/mol. The predicted octanol–water partition coefficient (Wildman–Crippen LogP) is 3.06. The Labute approximate surface area is 176 Å². The first-order chi connectivity index (χ1) is 14.5. The molecule has 2 amide bonds. The lowest BCUT2D eigenvalue weighted by Crippen LogP contribution is -2.33. The van der Waals surface area contributed by atoms with Crippen molar-refractivity contribution in [3.8, 4) is 0 Å². The number of nitrogens with zero attached hydrogens (tertiary/aromatic N) is 5. The van der Waals surface area contributed by atoms with E-state index in [0.29, 0.717) is 23.6 Å². The minimum atomic E-state index is -0.145. The van der Waals surface area contributed by atoms with Crippen molar-refractivity contribution in [1.29, 1.82) is 0 Å². The third-order valence-corrected chi connectivity index (χ3v) is 5.44. The number of aromatic nitrogens is 4. The van der Waals surface area contributed by atoms with Crippen LogP contribution in [0.3, 0.4) is 0 Å². The summed E-state index contributed by atoms with van der Waals surface area (Å²) in [5, 5.41) is 2.95. The minimum absolute atomic E-state index is 0.0260. The molecule has 0 aliphatic heterocycles. The van der Waals surface area contributed by atoms with Crippen LogP contribution in [0.15, 0.2) is 37.1 Å². The zero-order chi connectivity index (χ0) is 21.7. The summed E-state index contributed by atoms with van der Waals surface area (Å²) < 4.78 is 3.81. The SMILES string of the molecule is CCC(CC)C(=O)N(C)c1c(C)nc2ccc(C(=O)NCCCn3ccnc3)cn12. The maximum Gasteiger partial charge on any atom is 0.252 e. The zero-order valence-corrected chi connectivity index (χ0v) is 18.1. The van der Waals surface area contributed by atoms with Crippen molar-refractivity contribution in [2.24, 2.45) is 5.92 Å². The Hall–Kier alpha value is -3.16. The molecule has 0 fully saturated rings. The van der Waals surface area contributed by atoms with Crippen molar-refractivity contribution in [3.63, 3.8) is 0 Å². The number of hydrogen-bond acceptors (Lipinski definition) is 4. The molecule has 0 atom stereocenters. The number of anilines is 1. The molecule has 8 nitrogen and oxygen atoms in total. The fourth-order valence-corrected chi connectivity index (χ4v) is 3.69. The molecule has 0 aliphatic carbocycles. The number of pyridine rings is 1. The number of nitrogens with one attached hydrogen (secondary N) is 1. The van der Waals surface area contributed by atoms with Crippen LogP contribution < -0.4 is 10.2 Å². The highest BCUT2D eigenvalue weighted by Gasteiger charge is 2.24. The van der Waals surface area contributed by atoms with Crippen molar-refractivity contribution >= 4 is 23.3 Å². The van der Waals surface area contributed by atoms with Gasteiger partial charge in [0.15, 0.2) is 0 Å². The molecule has 0 spiro atoms. The van der Waals surface area contributed by atoms with E-state index in [1.54, 1.807) is 36.7 Å².